The lowest BCUT2D eigenvalue weighted by molar-refractivity contribution is -0.0505. The molecule has 3 heterocycles. The molecule has 4 atom stereocenters. The van der Waals surface area contributed by atoms with Crippen LogP contribution >= 0.6 is 7.82 Å². The molecule has 0 bridgehead atoms. The molecule has 1 aliphatic heterocycles. The number of aromatic nitrogens is 4. The summed E-state index contributed by atoms with van der Waals surface area (Å²) >= 11 is 0. The molecule has 12 nitrogen and oxygen atoms in total. The SMILES string of the molecule is Nc1ncnc2c1ncn2[C@@H]1O[C@H](CO)[C@@H](O)[C@H]1OP(=O)(O)O. The Labute approximate surface area is 128 Å². The van der Waals surface area contributed by atoms with Crippen LogP contribution < -0.4 is 5.73 Å². The Kier molecular flexibility index (Phi) is 4.06. The molecule has 0 aromatic carbocycles. The smallest absolute Gasteiger partial charge is 0.394 e. The molecule has 126 valence electrons. The van der Waals surface area contributed by atoms with Gasteiger partial charge in [-0.25, -0.2) is 19.5 Å². The van der Waals surface area contributed by atoms with E-state index in [9.17, 15) is 14.8 Å². The summed E-state index contributed by atoms with van der Waals surface area (Å²) in [4.78, 5) is 29.8. The molecule has 0 spiro atoms. The van der Waals surface area contributed by atoms with E-state index in [-0.39, 0.29) is 17.0 Å². The Morgan fingerprint density at radius 3 is 2.78 bits per heavy atom. The molecule has 0 radical (unpaired) electrons. The van der Waals surface area contributed by atoms with Gasteiger partial charge in [-0.05, 0) is 0 Å². The van der Waals surface area contributed by atoms with Crippen LogP contribution in [0.5, 0.6) is 0 Å². The maximum Gasteiger partial charge on any atom is 0.470 e. The summed E-state index contributed by atoms with van der Waals surface area (Å²) in [5.74, 6) is 0.110. The van der Waals surface area contributed by atoms with Crippen LogP contribution in [-0.4, -0.2) is 64.4 Å². The molecule has 3 rings (SSSR count). The van der Waals surface area contributed by atoms with Crippen molar-refractivity contribution in [1.82, 2.24) is 19.5 Å². The zero-order chi connectivity index (χ0) is 16.8. The van der Waals surface area contributed by atoms with Crippen molar-refractivity contribution in [2.75, 3.05) is 12.3 Å². The Morgan fingerprint density at radius 1 is 1.39 bits per heavy atom. The number of rotatable bonds is 4. The highest BCUT2D eigenvalue weighted by atomic mass is 31.2. The van der Waals surface area contributed by atoms with Crippen LogP contribution in [0.15, 0.2) is 12.7 Å². The van der Waals surface area contributed by atoms with Gasteiger partial charge in [0.05, 0.1) is 12.9 Å². The lowest BCUT2D eigenvalue weighted by Gasteiger charge is -2.21. The molecule has 1 fully saturated rings. The average Bonchev–Trinajstić information content (AvgIpc) is 3.01. The predicted octanol–water partition coefficient (Wildman–Crippen LogP) is -1.86. The van der Waals surface area contributed by atoms with Gasteiger partial charge in [0, 0.05) is 0 Å². The van der Waals surface area contributed by atoms with Gasteiger partial charge >= 0.3 is 7.82 Å². The van der Waals surface area contributed by atoms with Gasteiger partial charge in [-0.15, -0.1) is 0 Å². The van der Waals surface area contributed by atoms with Gasteiger partial charge in [0.25, 0.3) is 0 Å². The van der Waals surface area contributed by atoms with Crippen molar-refractivity contribution in [1.29, 1.82) is 0 Å². The first-order valence-electron chi connectivity index (χ1n) is 6.43. The van der Waals surface area contributed by atoms with Crippen LogP contribution in [0.3, 0.4) is 0 Å². The van der Waals surface area contributed by atoms with Gasteiger partial charge in [-0.1, -0.05) is 0 Å². The summed E-state index contributed by atoms with van der Waals surface area (Å²) in [6.07, 6.45) is -2.72. The van der Waals surface area contributed by atoms with Crippen molar-refractivity contribution < 1.29 is 33.8 Å². The number of nitrogens with two attached hydrogens (primary N) is 1. The molecule has 1 aliphatic rings. The van der Waals surface area contributed by atoms with Crippen molar-refractivity contribution in [2.24, 2.45) is 0 Å². The summed E-state index contributed by atoms with van der Waals surface area (Å²) in [6, 6.07) is 0. The van der Waals surface area contributed by atoms with Crippen molar-refractivity contribution in [3.8, 4) is 0 Å². The topological polar surface area (TPSA) is 186 Å². The summed E-state index contributed by atoms with van der Waals surface area (Å²) in [5, 5.41) is 19.3. The van der Waals surface area contributed by atoms with E-state index in [0.29, 0.717) is 0 Å². The number of anilines is 1. The molecular formula is C10H14N5O7P. The molecule has 13 heteroatoms. The number of phosphoric ester groups is 1. The minimum absolute atomic E-state index is 0.110. The van der Waals surface area contributed by atoms with Crippen molar-refractivity contribution in [3.63, 3.8) is 0 Å². The van der Waals surface area contributed by atoms with E-state index in [2.05, 4.69) is 19.5 Å². The van der Waals surface area contributed by atoms with Crippen LogP contribution in [0, 0.1) is 0 Å². The number of aliphatic hydroxyl groups is 2. The monoisotopic (exact) mass is 347 g/mol. The third kappa shape index (κ3) is 2.93. The van der Waals surface area contributed by atoms with Crippen molar-refractivity contribution in [3.05, 3.63) is 12.7 Å². The number of fused-ring (bicyclic) bond motifs is 1. The molecule has 2 aromatic rings. The Bertz CT molecular complexity index is 763. The van der Waals surface area contributed by atoms with Gasteiger partial charge in [0.15, 0.2) is 17.7 Å². The molecular weight excluding hydrogens is 333 g/mol. The second kappa shape index (κ2) is 5.76. The standard InChI is InChI=1S/C10H14N5O7P/c11-8-5-9(13-2-12-8)15(3-14-5)10-7(22-23(18,19)20)6(17)4(1-16)21-10/h2-4,6-7,10,16-17H,1H2,(H2,11,12,13)(H2,18,19,20)/t4-,6-,7-,10-/m1/s1. The van der Waals surface area contributed by atoms with E-state index in [1.165, 1.54) is 17.2 Å². The first-order chi connectivity index (χ1) is 10.8. The average molecular weight is 347 g/mol. The van der Waals surface area contributed by atoms with Gasteiger partial charge in [-0.2, -0.15) is 0 Å². The molecule has 0 unspecified atom stereocenters. The van der Waals surface area contributed by atoms with E-state index in [1.54, 1.807) is 0 Å². The molecule has 0 aliphatic carbocycles. The Morgan fingerprint density at radius 2 is 2.13 bits per heavy atom. The predicted molar refractivity (Wildman–Crippen MR) is 73.7 cm³/mol. The quantitative estimate of drug-likeness (QED) is 0.390. The van der Waals surface area contributed by atoms with E-state index >= 15 is 0 Å². The number of aliphatic hydroxyl groups excluding tert-OH is 2. The number of ether oxygens (including phenoxy) is 1. The van der Waals surface area contributed by atoms with E-state index < -0.39 is 39.0 Å². The molecule has 0 amide bonds. The van der Waals surface area contributed by atoms with Crippen LogP contribution in [0.2, 0.25) is 0 Å². The van der Waals surface area contributed by atoms with E-state index in [4.69, 9.17) is 20.3 Å². The lowest BCUT2D eigenvalue weighted by Crippen LogP contribution is -2.34. The zero-order valence-electron chi connectivity index (χ0n) is 11.5. The summed E-state index contributed by atoms with van der Waals surface area (Å²) in [6.45, 7) is -0.567. The number of imidazole rings is 1. The normalized spacial score (nSPS) is 28.5. The zero-order valence-corrected chi connectivity index (χ0v) is 12.4. The molecule has 0 saturated carbocycles. The number of phosphoric acid groups is 1. The third-order valence-electron chi connectivity index (χ3n) is 3.41. The summed E-state index contributed by atoms with van der Waals surface area (Å²) < 4.78 is 22.5. The summed E-state index contributed by atoms with van der Waals surface area (Å²) in [5.41, 5.74) is 6.16. The number of hydrogen-bond donors (Lipinski definition) is 5. The maximum absolute atomic E-state index is 11.1. The van der Waals surface area contributed by atoms with E-state index in [0.717, 1.165) is 0 Å². The third-order valence-corrected chi connectivity index (χ3v) is 3.93. The van der Waals surface area contributed by atoms with Crippen molar-refractivity contribution >= 4 is 24.8 Å². The second-order valence-electron chi connectivity index (χ2n) is 4.88. The van der Waals surface area contributed by atoms with Gasteiger partial charge in [0.1, 0.15) is 30.2 Å². The van der Waals surface area contributed by atoms with Crippen LogP contribution in [0.1, 0.15) is 6.23 Å². The van der Waals surface area contributed by atoms with Gasteiger partial charge in [-0.3, -0.25) is 9.09 Å². The van der Waals surface area contributed by atoms with Crippen molar-refractivity contribution in [2.45, 2.75) is 24.5 Å². The molecule has 2 aromatic heterocycles. The van der Waals surface area contributed by atoms with Gasteiger partial charge < -0.3 is 30.5 Å². The highest BCUT2D eigenvalue weighted by Gasteiger charge is 2.48. The van der Waals surface area contributed by atoms with Crippen LogP contribution in [0.25, 0.3) is 11.2 Å². The number of nitrogens with zero attached hydrogens (tertiary/aromatic N) is 4. The minimum Gasteiger partial charge on any atom is -0.394 e. The van der Waals surface area contributed by atoms with Gasteiger partial charge in [0.2, 0.25) is 0 Å². The van der Waals surface area contributed by atoms with Crippen LogP contribution in [0.4, 0.5) is 5.82 Å². The molecule has 23 heavy (non-hydrogen) atoms. The number of hydrogen-bond acceptors (Lipinski definition) is 9. The fourth-order valence-corrected chi connectivity index (χ4v) is 2.97. The largest absolute Gasteiger partial charge is 0.470 e. The second-order valence-corrected chi connectivity index (χ2v) is 6.07. The highest BCUT2D eigenvalue weighted by Crippen LogP contribution is 2.45. The lowest BCUT2D eigenvalue weighted by atomic mass is 10.1. The van der Waals surface area contributed by atoms with Crippen LogP contribution in [-0.2, 0) is 13.8 Å². The molecule has 6 N–H and O–H groups in total. The molecule has 1 saturated heterocycles. The first kappa shape index (κ1) is 16.2. The Balaban J connectivity index is 2.04. The Hall–Kier alpha value is -1.66. The van der Waals surface area contributed by atoms with E-state index in [1.807, 2.05) is 0 Å². The number of nitrogen functional groups attached to an aromatic ring is 1. The fraction of sp³-hybridized carbons (Fsp3) is 0.500. The first-order valence-corrected chi connectivity index (χ1v) is 7.96. The maximum atomic E-state index is 11.1. The minimum atomic E-state index is -4.91. The summed E-state index contributed by atoms with van der Waals surface area (Å²) in [7, 11) is -4.91. The highest BCUT2D eigenvalue weighted by molar-refractivity contribution is 7.46. The fourth-order valence-electron chi connectivity index (χ4n) is 2.42.